The van der Waals surface area contributed by atoms with Crippen molar-refractivity contribution in [2.24, 2.45) is 5.73 Å². The zero-order valence-corrected chi connectivity index (χ0v) is 10.3. The van der Waals surface area contributed by atoms with Crippen molar-refractivity contribution in [3.63, 3.8) is 0 Å². The molecule has 0 aliphatic heterocycles. The maximum Gasteiger partial charge on any atom is 0.0912 e. The summed E-state index contributed by atoms with van der Waals surface area (Å²) in [5, 5.41) is 0. The Balaban J connectivity index is 0.00000196. The Morgan fingerprint density at radius 3 is 2.07 bits per heavy atom. The van der Waals surface area contributed by atoms with Crippen molar-refractivity contribution >= 4 is 12.4 Å². The molecule has 0 amide bonds. The van der Waals surface area contributed by atoms with Crippen LogP contribution < -0.4 is 5.73 Å². The van der Waals surface area contributed by atoms with Gasteiger partial charge in [-0.2, -0.15) is 0 Å². The van der Waals surface area contributed by atoms with Gasteiger partial charge in [-0.05, 0) is 43.9 Å². The first-order chi connectivity index (χ1) is 6.56. The van der Waals surface area contributed by atoms with Crippen LogP contribution in [0.3, 0.4) is 0 Å². The topological polar surface area (TPSA) is 26.0 Å². The van der Waals surface area contributed by atoms with Crippen LogP contribution >= 0.6 is 12.4 Å². The van der Waals surface area contributed by atoms with E-state index in [2.05, 4.69) is 19.1 Å². The van der Waals surface area contributed by atoms with Gasteiger partial charge in [0.25, 0.3) is 0 Å². The van der Waals surface area contributed by atoms with Crippen molar-refractivity contribution in [2.45, 2.75) is 33.2 Å². The van der Waals surface area contributed by atoms with Gasteiger partial charge in [-0.15, -0.1) is 12.4 Å². The van der Waals surface area contributed by atoms with Crippen LogP contribution in [-0.2, 0) is 0 Å². The Morgan fingerprint density at radius 2 is 1.67 bits per heavy atom. The smallest absolute Gasteiger partial charge is 0.0912 e. The van der Waals surface area contributed by atoms with Crippen LogP contribution in [0.25, 0.3) is 0 Å². The van der Waals surface area contributed by atoms with Crippen molar-refractivity contribution in [3.8, 4) is 0 Å². The normalized spacial score (nSPS) is 12.1. The standard InChI is InChI=1S/C12H18FN.ClH/c1-8-6-9(2)12(10(3)7-8)11(14)4-5-13;/h6-7,11H,4-5,14H2,1-3H3;1H/t11-;/m1./s1. The predicted octanol–water partition coefficient (Wildman–Crippen LogP) is 3.39. The van der Waals surface area contributed by atoms with Crippen LogP contribution in [0.4, 0.5) is 4.39 Å². The number of rotatable bonds is 3. The maximum absolute atomic E-state index is 12.2. The molecule has 0 spiro atoms. The van der Waals surface area contributed by atoms with Gasteiger partial charge < -0.3 is 5.73 Å². The lowest BCUT2D eigenvalue weighted by Gasteiger charge is -2.17. The Kier molecular flexibility index (Phi) is 5.84. The first kappa shape index (κ1) is 14.4. The van der Waals surface area contributed by atoms with Crippen LogP contribution in [0.2, 0.25) is 0 Å². The zero-order chi connectivity index (χ0) is 10.7. The van der Waals surface area contributed by atoms with Crippen molar-refractivity contribution in [3.05, 3.63) is 34.4 Å². The van der Waals surface area contributed by atoms with E-state index in [1.165, 1.54) is 16.7 Å². The summed E-state index contributed by atoms with van der Waals surface area (Å²) in [4.78, 5) is 0. The molecule has 0 aliphatic rings. The van der Waals surface area contributed by atoms with Gasteiger partial charge in [0.1, 0.15) is 0 Å². The van der Waals surface area contributed by atoms with E-state index in [4.69, 9.17) is 5.73 Å². The van der Waals surface area contributed by atoms with Crippen molar-refractivity contribution < 1.29 is 4.39 Å². The minimum absolute atomic E-state index is 0. The van der Waals surface area contributed by atoms with E-state index in [0.717, 1.165) is 5.56 Å². The average Bonchev–Trinajstić information content (AvgIpc) is 2.01. The van der Waals surface area contributed by atoms with Gasteiger partial charge in [0.15, 0.2) is 0 Å². The number of aryl methyl sites for hydroxylation is 3. The van der Waals surface area contributed by atoms with E-state index in [9.17, 15) is 4.39 Å². The highest BCUT2D eigenvalue weighted by Crippen LogP contribution is 2.23. The highest BCUT2D eigenvalue weighted by molar-refractivity contribution is 5.85. The van der Waals surface area contributed by atoms with Gasteiger partial charge in [0.05, 0.1) is 6.67 Å². The van der Waals surface area contributed by atoms with Crippen LogP contribution in [0, 0.1) is 20.8 Å². The summed E-state index contributed by atoms with van der Waals surface area (Å²) in [6, 6.07) is 4.03. The summed E-state index contributed by atoms with van der Waals surface area (Å²) < 4.78 is 12.2. The molecule has 0 radical (unpaired) electrons. The number of nitrogens with two attached hydrogens (primary N) is 1. The Hall–Kier alpha value is -0.600. The number of benzene rings is 1. The van der Waals surface area contributed by atoms with Crippen molar-refractivity contribution in [1.29, 1.82) is 0 Å². The number of halogens is 2. The van der Waals surface area contributed by atoms with Gasteiger partial charge in [-0.1, -0.05) is 17.7 Å². The summed E-state index contributed by atoms with van der Waals surface area (Å²) in [5.41, 5.74) is 10.6. The highest BCUT2D eigenvalue weighted by Gasteiger charge is 2.11. The summed E-state index contributed by atoms with van der Waals surface area (Å²) >= 11 is 0. The summed E-state index contributed by atoms with van der Waals surface area (Å²) in [6.45, 7) is 5.78. The summed E-state index contributed by atoms with van der Waals surface area (Å²) in [5.74, 6) is 0. The molecule has 2 N–H and O–H groups in total. The fourth-order valence-corrected chi connectivity index (χ4v) is 2.04. The molecular weight excluding hydrogens is 213 g/mol. The molecule has 0 bridgehead atoms. The molecule has 1 aromatic rings. The Morgan fingerprint density at radius 1 is 1.20 bits per heavy atom. The molecular formula is C12H19ClFN. The van der Waals surface area contributed by atoms with E-state index < -0.39 is 0 Å². The molecule has 1 aromatic carbocycles. The Bertz CT molecular complexity index is 302. The number of hydrogen-bond acceptors (Lipinski definition) is 1. The largest absolute Gasteiger partial charge is 0.324 e. The second kappa shape index (κ2) is 6.09. The van der Waals surface area contributed by atoms with Crippen LogP contribution in [-0.4, -0.2) is 6.67 Å². The minimum atomic E-state index is -0.353. The molecule has 0 fully saturated rings. The zero-order valence-electron chi connectivity index (χ0n) is 9.51. The minimum Gasteiger partial charge on any atom is -0.324 e. The first-order valence-electron chi connectivity index (χ1n) is 4.95. The van der Waals surface area contributed by atoms with Gasteiger partial charge >= 0.3 is 0 Å². The molecule has 0 heterocycles. The van der Waals surface area contributed by atoms with Crippen molar-refractivity contribution in [1.82, 2.24) is 0 Å². The third kappa shape index (κ3) is 3.47. The average molecular weight is 232 g/mol. The quantitative estimate of drug-likeness (QED) is 0.848. The maximum atomic E-state index is 12.2. The second-order valence-corrected chi connectivity index (χ2v) is 3.90. The second-order valence-electron chi connectivity index (χ2n) is 3.90. The van der Waals surface area contributed by atoms with E-state index >= 15 is 0 Å². The molecule has 1 nitrogen and oxygen atoms in total. The van der Waals surface area contributed by atoms with Gasteiger partial charge in [0, 0.05) is 6.04 Å². The monoisotopic (exact) mass is 231 g/mol. The van der Waals surface area contributed by atoms with E-state index in [-0.39, 0.29) is 25.1 Å². The molecule has 86 valence electrons. The third-order valence-corrected chi connectivity index (χ3v) is 2.53. The van der Waals surface area contributed by atoms with Crippen LogP contribution in [0.5, 0.6) is 0 Å². The Labute approximate surface area is 97.3 Å². The van der Waals surface area contributed by atoms with Gasteiger partial charge in [-0.3, -0.25) is 4.39 Å². The van der Waals surface area contributed by atoms with Crippen LogP contribution in [0.1, 0.15) is 34.7 Å². The molecule has 0 saturated carbocycles. The number of alkyl halides is 1. The fourth-order valence-electron chi connectivity index (χ4n) is 2.04. The molecule has 1 rings (SSSR count). The van der Waals surface area contributed by atoms with E-state index in [1.54, 1.807) is 0 Å². The molecule has 3 heteroatoms. The van der Waals surface area contributed by atoms with Crippen molar-refractivity contribution in [2.75, 3.05) is 6.67 Å². The molecule has 0 aliphatic carbocycles. The van der Waals surface area contributed by atoms with E-state index in [0.29, 0.717) is 6.42 Å². The molecule has 0 saturated heterocycles. The number of hydrogen-bond donors (Lipinski definition) is 1. The lowest BCUT2D eigenvalue weighted by atomic mass is 9.93. The van der Waals surface area contributed by atoms with Crippen LogP contribution in [0.15, 0.2) is 12.1 Å². The molecule has 1 atom stereocenters. The molecule has 0 aromatic heterocycles. The van der Waals surface area contributed by atoms with E-state index in [1.807, 2.05) is 13.8 Å². The fraction of sp³-hybridized carbons (Fsp3) is 0.500. The SMILES string of the molecule is Cc1cc(C)c([C@H](N)CCF)c(C)c1.Cl. The van der Waals surface area contributed by atoms with Gasteiger partial charge in [-0.25, -0.2) is 0 Å². The summed E-state index contributed by atoms with van der Waals surface area (Å²) in [7, 11) is 0. The lowest BCUT2D eigenvalue weighted by Crippen LogP contribution is -2.14. The first-order valence-corrected chi connectivity index (χ1v) is 4.95. The lowest BCUT2D eigenvalue weighted by molar-refractivity contribution is 0.441. The molecule has 0 unspecified atom stereocenters. The predicted molar refractivity (Wildman–Crippen MR) is 65.4 cm³/mol. The third-order valence-electron chi connectivity index (χ3n) is 2.53. The highest BCUT2D eigenvalue weighted by atomic mass is 35.5. The molecule has 15 heavy (non-hydrogen) atoms. The van der Waals surface area contributed by atoms with Gasteiger partial charge in [0.2, 0.25) is 0 Å². The summed E-state index contributed by atoms with van der Waals surface area (Å²) in [6.07, 6.45) is 0.407.